The van der Waals surface area contributed by atoms with E-state index in [0.29, 0.717) is 36.2 Å². The molecular weight excluding hydrogens is 328 g/mol. The summed E-state index contributed by atoms with van der Waals surface area (Å²) in [6, 6.07) is 10.6. The molecule has 0 atom stereocenters. The molecule has 0 aliphatic heterocycles. The Morgan fingerprint density at radius 3 is 2.67 bits per heavy atom. The van der Waals surface area contributed by atoms with Gasteiger partial charge in [0.2, 0.25) is 5.88 Å². The average Bonchev–Trinajstić information content (AvgIpc) is 2.60. The Balaban J connectivity index is 1.79. The van der Waals surface area contributed by atoms with Crippen LogP contribution in [0.15, 0.2) is 42.6 Å². The molecule has 0 saturated carbocycles. The minimum absolute atomic E-state index is 0.0650. The highest BCUT2D eigenvalue weighted by atomic mass is 35.5. The van der Waals surface area contributed by atoms with Gasteiger partial charge in [-0.1, -0.05) is 11.6 Å². The number of pyridine rings is 1. The minimum Gasteiger partial charge on any atom is -0.494 e. The quantitative estimate of drug-likeness (QED) is 0.683. The van der Waals surface area contributed by atoms with E-state index in [2.05, 4.69) is 4.98 Å². The Hall–Kier alpha value is -2.27. The van der Waals surface area contributed by atoms with Gasteiger partial charge in [-0.15, -0.1) is 0 Å². The number of amides is 1. The van der Waals surface area contributed by atoms with Crippen LogP contribution >= 0.6 is 11.6 Å². The molecule has 24 heavy (non-hydrogen) atoms. The van der Waals surface area contributed by atoms with Crippen LogP contribution < -0.4 is 9.47 Å². The predicted molar refractivity (Wildman–Crippen MR) is 93.9 cm³/mol. The minimum atomic E-state index is -0.0650. The number of hydrogen-bond acceptors (Lipinski definition) is 4. The largest absolute Gasteiger partial charge is 0.494 e. The molecule has 0 saturated heterocycles. The monoisotopic (exact) mass is 348 g/mol. The summed E-state index contributed by atoms with van der Waals surface area (Å²) in [5.41, 5.74) is 0.564. The van der Waals surface area contributed by atoms with Crippen molar-refractivity contribution < 1.29 is 14.3 Å². The molecule has 1 amide bonds. The van der Waals surface area contributed by atoms with Crippen molar-refractivity contribution >= 4 is 17.5 Å². The molecule has 0 N–H and O–H groups in total. The van der Waals surface area contributed by atoms with Crippen molar-refractivity contribution in [2.75, 3.05) is 26.8 Å². The lowest BCUT2D eigenvalue weighted by Crippen LogP contribution is -2.28. The van der Waals surface area contributed by atoms with Crippen molar-refractivity contribution in [3.63, 3.8) is 0 Å². The molecule has 128 valence electrons. The third kappa shape index (κ3) is 5.42. The van der Waals surface area contributed by atoms with Gasteiger partial charge in [-0.05, 0) is 43.7 Å². The van der Waals surface area contributed by atoms with E-state index in [1.54, 1.807) is 42.4 Å². The zero-order chi connectivity index (χ0) is 17.4. The fourth-order valence-corrected chi connectivity index (χ4v) is 2.24. The zero-order valence-electron chi connectivity index (χ0n) is 13.9. The van der Waals surface area contributed by atoms with E-state index in [1.165, 1.54) is 0 Å². The predicted octanol–water partition coefficient (Wildman–Crippen LogP) is 3.67. The molecule has 1 aromatic heterocycles. The first-order valence-corrected chi connectivity index (χ1v) is 8.20. The third-order valence-electron chi connectivity index (χ3n) is 3.34. The van der Waals surface area contributed by atoms with E-state index >= 15 is 0 Å². The second kappa shape index (κ2) is 9.13. The summed E-state index contributed by atoms with van der Waals surface area (Å²) >= 11 is 5.83. The molecule has 0 fully saturated rings. The van der Waals surface area contributed by atoms with Gasteiger partial charge in [-0.25, -0.2) is 4.98 Å². The van der Waals surface area contributed by atoms with Gasteiger partial charge in [0.25, 0.3) is 5.91 Å². The SMILES string of the molecule is CCOc1cc(C(=O)N(C)CCCOc2ccc(Cl)cc2)ccn1. The summed E-state index contributed by atoms with van der Waals surface area (Å²) in [6.45, 7) is 3.52. The van der Waals surface area contributed by atoms with Crippen LogP contribution in [0.2, 0.25) is 5.02 Å². The van der Waals surface area contributed by atoms with E-state index in [0.717, 1.165) is 12.2 Å². The highest BCUT2D eigenvalue weighted by Gasteiger charge is 2.12. The Bertz CT molecular complexity index is 662. The second-order valence-electron chi connectivity index (χ2n) is 5.20. The van der Waals surface area contributed by atoms with E-state index in [1.807, 2.05) is 19.1 Å². The highest BCUT2D eigenvalue weighted by molar-refractivity contribution is 6.30. The van der Waals surface area contributed by atoms with Gasteiger partial charge >= 0.3 is 0 Å². The van der Waals surface area contributed by atoms with Crippen molar-refractivity contribution in [2.24, 2.45) is 0 Å². The van der Waals surface area contributed by atoms with Crippen molar-refractivity contribution in [1.82, 2.24) is 9.88 Å². The first-order valence-electron chi connectivity index (χ1n) is 7.83. The number of carbonyl (C=O) groups excluding carboxylic acids is 1. The van der Waals surface area contributed by atoms with Gasteiger partial charge in [-0.3, -0.25) is 4.79 Å². The van der Waals surface area contributed by atoms with Gasteiger partial charge < -0.3 is 14.4 Å². The molecule has 1 aromatic carbocycles. The van der Waals surface area contributed by atoms with Crippen molar-refractivity contribution in [1.29, 1.82) is 0 Å². The molecule has 1 heterocycles. The maximum absolute atomic E-state index is 12.4. The molecule has 0 spiro atoms. The lowest BCUT2D eigenvalue weighted by molar-refractivity contribution is 0.0787. The number of hydrogen-bond donors (Lipinski definition) is 0. The number of halogens is 1. The number of rotatable bonds is 8. The van der Waals surface area contributed by atoms with Crippen LogP contribution in [0.5, 0.6) is 11.6 Å². The fraction of sp³-hybridized carbons (Fsp3) is 0.333. The Morgan fingerprint density at radius 2 is 1.96 bits per heavy atom. The maximum Gasteiger partial charge on any atom is 0.253 e. The van der Waals surface area contributed by atoms with Crippen LogP contribution in [0.25, 0.3) is 0 Å². The summed E-state index contributed by atoms with van der Waals surface area (Å²) in [4.78, 5) is 18.1. The fourth-order valence-electron chi connectivity index (χ4n) is 2.11. The molecule has 2 aromatic rings. The molecule has 2 rings (SSSR count). The molecule has 0 unspecified atom stereocenters. The Morgan fingerprint density at radius 1 is 1.21 bits per heavy atom. The number of aromatic nitrogens is 1. The van der Waals surface area contributed by atoms with Crippen LogP contribution in [0.1, 0.15) is 23.7 Å². The molecular formula is C18H21ClN2O3. The van der Waals surface area contributed by atoms with Gasteiger partial charge in [0.15, 0.2) is 0 Å². The summed E-state index contributed by atoms with van der Waals surface area (Å²) in [6.07, 6.45) is 2.31. The average molecular weight is 349 g/mol. The Kier molecular flexibility index (Phi) is 6.88. The van der Waals surface area contributed by atoms with E-state index in [4.69, 9.17) is 21.1 Å². The first kappa shape index (κ1) is 18.1. The first-order chi connectivity index (χ1) is 11.6. The molecule has 0 aliphatic rings. The number of carbonyl (C=O) groups is 1. The molecule has 0 bridgehead atoms. The summed E-state index contributed by atoms with van der Waals surface area (Å²) < 4.78 is 10.9. The van der Waals surface area contributed by atoms with Crippen LogP contribution in [-0.4, -0.2) is 42.6 Å². The van der Waals surface area contributed by atoms with Gasteiger partial charge in [0, 0.05) is 36.4 Å². The second-order valence-corrected chi connectivity index (χ2v) is 5.63. The summed E-state index contributed by atoms with van der Waals surface area (Å²) in [5.74, 6) is 1.16. The highest BCUT2D eigenvalue weighted by Crippen LogP contribution is 2.16. The molecule has 6 heteroatoms. The maximum atomic E-state index is 12.4. The zero-order valence-corrected chi connectivity index (χ0v) is 14.6. The van der Waals surface area contributed by atoms with Gasteiger partial charge in [0.05, 0.1) is 13.2 Å². The van der Waals surface area contributed by atoms with E-state index < -0.39 is 0 Å². The van der Waals surface area contributed by atoms with Gasteiger partial charge in [-0.2, -0.15) is 0 Å². The van der Waals surface area contributed by atoms with Crippen molar-refractivity contribution in [2.45, 2.75) is 13.3 Å². The lowest BCUT2D eigenvalue weighted by atomic mass is 10.2. The van der Waals surface area contributed by atoms with E-state index in [-0.39, 0.29) is 5.91 Å². The molecule has 5 nitrogen and oxygen atoms in total. The number of benzene rings is 1. The number of ether oxygens (including phenoxy) is 2. The Labute approximate surface area is 147 Å². The van der Waals surface area contributed by atoms with Crippen LogP contribution in [0.4, 0.5) is 0 Å². The van der Waals surface area contributed by atoms with Gasteiger partial charge in [0.1, 0.15) is 5.75 Å². The molecule has 0 aliphatic carbocycles. The topological polar surface area (TPSA) is 51.7 Å². The van der Waals surface area contributed by atoms with Crippen LogP contribution in [0, 0.1) is 0 Å². The lowest BCUT2D eigenvalue weighted by Gasteiger charge is -2.17. The van der Waals surface area contributed by atoms with Crippen LogP contribution in [0.3, 0.4) is 0 Å². The third-order valence-corrected chi connectivity index (χ3v) is 3.59. The van der Waals surface area contributed by atoms with Crippen molar-refractivity contribution in [3.8, 4) is 11.6 Å². The normalized spacial score (nSPS) is 10.3. The van der Waals surface area contributed by atoms with E-state index in [9.17, 15) is 4.79 Å². The summed E-state index contributed by atoms with van der Waals surface area (Å²) in [5, 5.41) is 0.677. The standard InChI is InChI=1S/C18H21ClN2O3/c1-3-23-17-13-14(9-10-20-17)18(22)21(2)11-4-12-24-16-7-5-15(19)6-8-16/h5-10,13H,3-4,11-12H2,1-2H3. The number of nitrogens with zero attached hydrogens (tertiary/aromatic N) is 2. The van der Waals surface area contributed by atoms with Crippen molar-refractivity contribution in [3.05, 3.63) is 53.2 Å². The summed E-state index contributed by atoms with van der Waals surface area (Å²) in [7, 11) is 1.77. The van der Waals surface area contributed by atoms with Crippen LogP contribution in [-0.2, 0) is 0 Å². The molecule has 0 radical (unpaired) electrons. The smallest absolute Gasteiger partial charge is 0.253 e.